The molecular weight excluding hydrogens is 503 g/mol. The van der Waals surface area contributed by atoms with Crippen molar-refractivity contribution in [2.75, 3.05) is 44.6 Å². The van der Waals surface area contributed by atoms with E-state index in [1.54, 1.807) is 24.0 Å². The van der Waals surface area contributed by atoms with Crippen molar-refractivity contribution in [3.8, 4) is 29.0 Å². The van der Waals surface area contributed by atoms with Crippen LogP contribution in [0.5, 0.6) is 5.75 Å². The number of H-pyrrole nitrogens is 1. The molecule has 13 heteroatoms. The minimum atomic E-state index is -4.57. The highest BCUT2D eigenvalue weighted by Crippen LogP contribution is 2.32. The Labute approximate surface area is 216 Å². The number of nitrogens with one attached hydrogen (secondary N) is 2. The van der Waals surface area contributed by atoms with Crippen LogP contribution in [0.2, 0.25) is 0 Å². The second-order valence-electron chi connectivity index (χ2n) is 8.38. The molecule has 0 bridgehead atoms. The SMILES string of the molecule is CC(=O)N1CCN(CCOc2ccc(-c3ncc(C(F)(F)F)[nH]3)cc2NC(=O)C#Cc2cncnc2)CC1. The van der Waals surface area contributed by atoms with Crippen LogP contribution in [0.25, 0.3) is 11.4 Å². The first kappa shape index (κ1) is 26.6. The molecule has 1 aromatic carbocycles. The van der Waals surface area contributed by atoms with Gasteiger partial charge in [-0.25, -0.2) is 15.0 Å². The average Bonchev–Trinajstić information content (AvgIpc) is 3.40. The number of rotatable bonds is 6. The maximum absolute atomic E-state index is 13.0. The smallest absolute Gasteiger partial charge is 0.432 e. The Balaban J connectivity index is 1.48. The standard InChI is InChI=1S/C25H24F3N7O3/c1-17(36)35-8-6-34(7-9-35)10-11-38-21-4-3-19(24-31-15-22(33-24)25(26,27)28)12-20(21)32-23(37)5-2-18-13-29-16-30-14-18/h3-4,12-16H,6-11H2,1H3,(H,31,33)(H,32,37). The largest absolute Gasteiger partial charge is 0.490 e. The van der Waals surface area contributed by atoms with Crippen LogP contribution in [0.1, 0.15) is 18.2 Å². The number of carbonyl (C=O) groups is 2. The van der Waals surface area contributed by atoms with Gasteiger partial charge in [0.1, 0.15) is 30.2 Å². The number of aromatic nitrogens is 4. The number of amides is 2. The molecule has 2 aromatic heterocycles. The molecule has 0 spiro atoms. The molecule has 2 amide bonds. The zero-order chi connectivity index (χ0) is 27.1. The number of carbonyl (C=O) groups excluding carboxylic acids is 2. The molecule has 0 radical (unpaired) electrons. The van der Waals surface area contributed by atoms with Gasteiger partial charge in [0, 0.05) is 63.5 Å². The van der Waals surface area contributed by atoms with E-state index >= 15 is 0 Å². The fraction of sp³-hybridized carbons (Fsp3) is 0.320. The van der Waals surface area contributed by atoms with Gasteiger partial charge >= 0.3 is 12.1 Å². The van der Waals surface area contributed by atoms with E-state index in [4.69, 9.17) is 4.74 Å². The Hall–Kier alpha value is -4.44. The van der Waals surface area contributed by atoms with Gasteiger partial charge in [-0.1, -0.05) is 5.92 Å². The van der Waals surface area contributed by atoms with Crippen molar-refractivity contribution in [3.05, 3.63) is 54.4 Å². The van der Waals surface area contributed by atoms with E-state index in [1.807, 2.05) is 0 Å². The molecule has 198 valence electrons. The van der Waals surface area contributed by atoms with Crippen molar-refractivity contribution >= 4 is 17.5 Å². The summed E-state index contributed by atoms with van der Waals surface area (Å²) in [5, 5.41) is 2.63. The molecule has 1 saturated heterocycles. The second kappa shape index (κ2) is 11.7. The molecule has 0 saturated carbocycles. The first-order valence-corrected chi connectivity index (χ1v) is 11.6. The summed E-state index contributed by atoms with van der Waals surface area (Å²) in [4.78, 5) is 41.7. The van der Waals surface area contributed by atoms with Crippen molar-refractivity contribution in [1.29, 1.82) is 0 Å². The lowest BCUT2D eigenvalue weighted by Crippen LogP contribution is -2.48. The zero-order valence-corrected chi connectivity index (χ0v) is 20.4. The van der Waals surface area contributed by atoms with E-state index in [9.17, 15) is 22.8 Å². The predicted octanol–water partition coefficient (Wildman–Crippen LogP) is 2.42. The topological polar surface area (TPSA) is 116 Å². The average molecular weight is 528 g/mol. The molecule has 2 N–H and O–H groups in total. The number of ether oxygens (including phenoxy) is 1. The number of nitrogens with zero attached hydrogens (tertiary/aromatic N) is 5. The van der Waals surface area contributed by atoms with Crippen LogP contribution in [0.15, 0.2) is 43.1 Å². The highest BCUT2D eigenvalue weighted by molar-refractivity contribution is 6.05. The molecule has 0 aliphatic carbocycles. The van der Waals surface area contributed by atoms with Gasteiger partial charge in [0.2, 0.25) is 5.91 Å². The summed E-state index contributed by atoms with van der Waals surface area (Å²) in [6.45, 7) is 5.12. The fourth-order valence-corrected chi connectivity index (χ4v) is 3.73. The summed E-state index contributed by atoms with van der Waals surface area (Å²) in [5.74, 6) is 4.76. The van der Waals surface area contributed by atoms with E-state index in [0.717, 1.165) is 0 Å². The molecular formula is C25H24F3N7O3. The molecule has 38 heavy (non-hydrogen) atoms. The van der Waals surface area contributed by atoms with Crippen molar-refractivity contribution in [3.63, 3.8) is 0 Å². The lowest BCUT2D eigenvalue weighted by Gasteiger charge is -2.34. The maximum atomic E-state index is 13.0. The number of hydrogen-bond acceptors (Lipinski definition) is 7. The van der Waals surface area contributed by atoms with E-state index in [2.05, 4.69) is 42.0 Å². The number of anilines is 1. The van der Waals surface area contributed by atoms with Crippen LogP contribution in [-0.4, -0.2) is 80.9 Å². The molecule has 3 heterocycles. The third kappa shape index (κ3) is 7.07. The highest BCUT2D eigenvalue weighted by Gasteiger charge is 2.33. The number of halogens is 3. The third-order valence-electron chi connectivity index (χ3n) is 5.75. The minimum Gasteiger partial charge on any atom is -0.490 e. The van der Waals surface area contributed by atoms with Crippen molar-refractivity contribution in [1.82, 2.24) is 29.7 Å². The first-order chi connectivity index (χ1) is 18.2. The van der Waals surface area contributed by atoms with Crippen molar-refractivity contribution in [2.45, 2.75) is 13.1 Å². The van der Waals surface area contributed by atoms with Gasteiger partial charge in [-0.2, -0.15) is 13.2 Å². The minimum absolute atomic E-state index is 0.0183. The van der Waals surface area contributed by atoms with Gasteiger partial charge in [-0.3, -0.25) is 14.5 Å². The molecule has 4 rings (SSSR count). The van der Waals surface area contributed by atoms with Crippen LogP contribution in [-0.2, 0) is 15.8 Å². The summed E-state index contributed by atoms with van der Waals surface area (Å²) >= 11 is 0. The Kier molecular flexibility index (Phi) is 8.22. The van der Waals surface area contributed by atoms with Crippen LogP contribution < -0.4 is 10.1 Å². The van der Waals surface area contributed by atoms with Gasteiger partial charge in [0.15, 0.2) is 0 Å². The summed E-state index contributed by atoms with van der Waals surface area (Å²) < 4.78 is 45.0. The number of piperazine rings is 1. The lowest BCUT2D eigenvalue weighted by atomic mass is 10.1. The number of aromatic amines is 1. The van der Waals surface area contributed by atoms with E-state index < -0.39 is 17.8 Å². The second-order valence-corrected chi connectivity index (χ2v) is 8.38. The van der Waals surface area contributed by atoms with Gasteiger partial charge < -0.3 is 19.9 Å². The summed E-state index contributed by atoms with van der Waals surface area (Å²) in [7, 11) is 0. The van der Waals surface area contributed by atoms with Crippen molar-refractivity contribution in [2.24, 2.45) is 0 Å². The van der Waals surface area contributed by atoms with Gasteiger partial charge in [0.25, 0.3) is 0 Å². The summed E-state index contributed by atoms with van der Waals surface area (Å²) in [6, 6.07) is 4.56. The number of alkyl halides is 3. The zero-order valence-electron chi connectivity index (χ0n) is 20.4. The summed E-state index contributed by atoms with van der Waals surface area (Å²) in [5.41, 5.74) is -0.0161. The Bertz CT molecular complexity index is 1340. The molecule has 1 aliphatic rings. The van der Waals surface area contributed by atoms with Crippen LogP contribution in [0.3, 0.4) is 0 Å². The maximum Gasteiger partial charge on any atom is 0.432 e. The quantitative estimate of drug-likeness (QED) is 0.473. The Morgan fingerprint density at radius 3 is 2.53 bits per heavy atom. The number of imidazole rings is 1. The monoisotopic (exact) mass is 527 g/mol. The molecule has 0 unspecified atom stereocenters. The Morgan fingerprint density at radius 1 is 1.13 bits per heavy atom. The predicted molar refractivity (Wildman–Crippen MR) is 131 cm³/mol. The van der Waals surface area contributed by atoms with Crippen LogP contribution in [0.4, 0.5) is 18.9 Å². The first-order valence-electron chi connectivity index (χ1n) is 11.6. The van der Waals surface area contributed by atoms with Crippen LogP contribution in [0, 0.1) is 11.8 Å². The van der Waals surface area contributed by atoms with Crippen LogP contribution >= 0.6 is 0 Å². The highest BCUT2D eigenvalue weighted by atomic mass is 19.4. The molecule has 1 aliphatic heterocycles. The Morgan fingerprint density at radius 2 is 1.87 bits per heavy atom. The summed E-state index contributed by atoms with van der Waals surface area (Å²) in [6.07, 6.45) is 0.374. The normalized spacial score (nSPS) is 13.9. The lowest BCUT2D eigenvalue weighted by molar-refractivity contribution is -0.140. The van der Waals surface area contributed by atoms with E-state index in [1.165, 1.54) is 24.8 Å². The number of hydrogen-bond donors (Lipinski definition) is 2. The third-order valence-corrected chi connectivity index (χ3v) is 5.75. The molecule has 1 fully saturated rings. The van der Waals surface area contributed by atoms with E-state index in [0.29, 0.717) is 55.8 Å². The van der Waals surface area contributed by atoms with Gasteiger partial charge in [0.05, 0.1) is 17.4 Å². The molecule has 3 aromatic rings. The van der Waals surface area contributed by atoms with Gasteiger partial charge in [-0.15, -0.1) is 0 Å². The fourth-order valence-electron chi connectivity index (χ4n) is 3.73. The van der Waals surface area contributed by atoms with Crippen molar-refractivity contribution < 1.29 is 27.5 Å². The molecule has 0 atom stereocenters. The molecule has 10 nitrogen and oxygen atoms in total. The van der Waals surface area contributed by atoms with Gasteiger partial charge in [-0.05, 0) is 18.2 Å². The number of benzene rings is 1. The van der Waals surface area contributed by atoms with E-state index in [-0.39, 0.29) is 24.0 Å².